The van der Waals surface area contributed by atoms with E-state index in [1.54, 1.807) is 19.6 Å². The van der Waals surface area contributed by atoms with Gasteiger partial charge < -0.3 is 19.4 Å². The predicted octanol–water partition coefficient (Wildman–Crippen LogP) is 2.54. The molecule has 34 heavy (non-hydrogen) atoms. The van der Waals surface area contributed by atoms with E-state index in [2.05, 4.69) is 30.8 Å². The van der Waals surface area contributed by atoms with Crippen LogP contribution in [0.5, 0.6) is 5.75 Å². The maximum atomic E-state index is 13.2. The van der Waals surface area contributed by atoms with E-state index in [9.17, 15) is 4.79 Å². The van der Waals surface area contributed by atoms with Crippen molar-refractivity contribution in [3.63, 3.8) is 0 Å². The second-order valence-corrected chi connectivity index (χ2v) is 8.82. The van der Waals surface area contributed by atoms with E-state index in [-0.39, 0.29) is 11.8 Å². The lowest BCUT2D eigenvalue weighted by Gasteiger charge is -2.39. The molecule has 1 aromatic carbocycles. The molecule has 3 aromatic rings. The molecule has 0 N–H and O–H groups in total. The summed E-state index contributed by atoms with van der Waals surface area (Å²) in [5.41, 5.74) is 1.10. The van der Waals surface area contributed by atoms with Crippen LogP contribution in [0, 0.1) is 12.8 Å². The van der Waals surface area contributed by atoms with Gasteiger partial charge in [-0.1, -0.05) is 12.1 Å². The SMILES string of the molecule is COc1ccccc1N1CCN(C(=O)C2CCN(c3cc(-n4ccnc4C)ncn3)CC2)CC1. The first-order chi connectivity index (χ1) is 16.6. The minimum atomic E-state index is 0.0752. The van der Waals surface area contributed by atoms with Crippen LogP contribution in [0.3, 0.4) is 0 Å². The third-order valence-electron chi connectivity index (χ3n) is 6.90. The Morgan fingerprint density at radius 2 is 1.68 bits per heavy atom. The van der Waals surface area contributed by atoms with Gasteiger partial charge in [0, 0.05) is 63.6 Å². The van der Waals surface area contributed by atoms with E-state index in [1.807, 2.05) is 46.9 Å². The maximum absolute atomic E-state index is 13.2. The monoisotopic (exact) mass is 461 g/mol. The molecule has 178 valence electrons. The fourth-order valence-corrected chi connectivity index (χ4v) is 4.93. The zero-order chi connectivity index (χ0) is 23.5. The first-order valence-corrected chi connectivity index (χ1v) is 11.9. The fraction of sp³-hybridized carbons (Fsp3) is 0.440. The van der Waals surface area contributed by atoms with Crippen LogP contribution < -0.4 is 14.5 Å². The van der Waals surface area contributed by atoms with Crippen molar-refractivity contribution in [2.45, 2.75) is 19.8 Å². The molecule has 0 spiro atoms. The van der Waals surface area contributed by atoms with Gasteiger partial charge in [0.05, 0.1) is 12.8 Å². The number of hydrogen-bond donors (Lipinski definition) is 0. The molecule has 2 saturated heterocycles. The van der Waals surface area contributed by atoms with Crippen molar-refractivity contribution in [2.75, 3.05) is 56.2 Å². The Bertz CT molecular complexity index is 1130. The molecule has 0 saturated carbocycles. The Balaban J connectivity index is 1.16. The van der Waals surface area contributed by atoms with Crippen LogP contribution >= 0.6 is 0 Å². The molecule has 9 nitrogen and oxygen atoms in total. The highest BCUT2D eigenvalue weighted by Gasteiger charge is 2.31. The number of aryl methyl sites for hydroxylation is 1. The van der Waals surface area contributed by atoms with Crippen LogP contribution in [-0.2, 0) is 4.79 Å². The number of carbonyl (C=O) groups excluding carboxylic acids is 1. The van der Waals surface area contributed by atoms with E-state index in [0.29, 0.717) is 0 Å². The van der Waals surface area contributed by atoms with Crippen molar-refractivity contribution in [1.29, 1.82) is 0 Å². The first kappa shape index (κ1) is 22.2. The Kier molecular flexibility index (Phi) is 6.33. The third kappa shape index (κ3) is 4.42. The van der Waals surface area contributed by atoms with Crippen LogP contribution in [0.1, 0.15) is 18.7 Å². The molecule has 1 amide bonds. The van der Waals surface area contributed by atoms with Gasteiger partial charge in [0.2, 0.25) is 5.91 Å². The van der Waals surface area contributed by atoms with E-state index in [1.165, 1.54) is 0 Å². The lowest BCUT2D eigenvalue weighted by molar-refractivity contribution is -0.136. The second-order valence-electron chi connectivity index (χ2n) is 8.82. The predicted molar refractivity (Wildman–Crippen MR) is 131 cm³/mol. The highest BCUT2D eigenvalue weighted by Crippen LogP contribution is 2.29. The number of para-hydroxylation sites is 2. The third-order valence-corrected chi connectivity index (χ3v) is 6.90. The average molecular weight is 462 g/mol. The molecule has 0 aliphatic carbocycles. The summed E-state index contributed by atoms with van der Waals surface area (Å²) in [7, 11) is 1.70. The molecule has 2 aliphatic rings. The molecule has 0 unspecified atom stereocenters. The molecule has 0 bridgehead atoms. The average Bonchev–Trinajstić information content (AvgIpc) is 3.34. The number of rotatable bonds is 5. The topological polar surface area (TPSA) is 79.6 Å². The van der Waals surface area contributed by atoms with Crippen molar-refractivity contribution in [3.8, 4) is 11.6 Å². The van der Waals surface area contributed by atoms with Gasteiger partial charge in [0.25, 0.3) is 0 Å². The number of ether oxygens (including phenoxy) is 1. The van der Waals surface area contributed by atoms with E-state index in [4.69, 9.17) is 4.74 Å². The molecule has 5 rings (SSSR count). The normalized spacial score (nSPS) is 17.2. The fourth-order valence-electron chi connectivity index (χ4n) is 4.93. The zero-order valence-corrected chi connectivity index (χ0v) is 19.8. The van der Waals surface area contributed by atoms with Crippen molar-refractivity contribution >= 4 is 17.4 Å². The van der Waals surface area contributed by atoms with Gasteiger partial charge in [-0.15, -0.1) is 0 Å². The smallest absolute Gasteiger partial charge is 0.225 e. The summed E-state index contributed by atoms with van der Waals surface area (Å²) in [5.74, 6) is 3.84. The van der Waals surface area contributed by atoms with Crippen LogP contribution in [-0.4, -0.2) is 76.7 Å². The number of anilines is 2. The number of nitrogens with zero attached hydrogens (tertiary/aromatic N) is 7. The van der Waals surface area contributed by atoms with Gasteiger partial charge in [-0.2, -0.15) is 0 Å². The lowest BCUT2D eigenvalue weighted by Crippen LogP contribution is -2.51. The summed E-state index contributed by atoms with van der Waals surface area (Å²) in [4.78, 5) is 33.0. The number of piperazine rings is 1. The first-order valence-electron chi connectivity index (χ1n) is 11.9. The van der Waals surface area contributed by atoms with Crippen LogP contribution in [0.15, 0.2) is 49.1 Å². The van der Waals surface area contributed by atoms with Gasteiger partial charge in [-0.05, 0) is 31.9 Å². The van der Waals surface area contributed by atoms with E-state index in [0.717, 1.165) is 81.0 Å². The molecule has 2 aliphatic heterocycles. The summed E-state index contributed by atoms with van der Waals surface area (Å²) < 4.78 is 7.46. The Morgan fingerprint density at radius 3 is 2.38 bits per heavy atom. The summed E-state index contributed by atoms with van der Waals surface area (Å²) in [6.07, 6.45) is 6.96. The van der Waals surface area contributed by atoms with Crippen molar-refractivity contribution < 1.29 is 9.53 Å². The van der Waals surface area contributed by atoms with Crippen molar-refractivity contribution in [1.82, 2.24) is 24.4 Å². The largest absolute Gasteiger partial charge is 0.495 e. The van der Waals surface area contributed by atoms with Crippen molar-refractivity contribution in [2.24, 2.45) is 5.92 Å². The molecule has 4 heterocycles. The summed E-state index contributed by atoms with van der Waals surface area (Å²) in [6.45, 7) is 6.72. The standard InChI is InChI=1S/C25H31N7O2/c1-19-26-9-12-32(19)24-17-23(27-18-28-24)30-10-7-20(8-11-30)25(33)31-15-13-29(14-16-31)21-5-3-4-6-22(21)34-2/h3-6,9,12,17-18,20H,7-8,10-11,13-16H2,1-2H3. The summed E-state index contributed by atoms with van der Waals surface area (Å²) in [6, 6.07) is 10.1. The molecular weight excluding hydrogens is 430 g/mol. The van der Waals surface area contributed by atoms with Crippen LogP contribution in [0.25, 0.3) is 5.82 Å². The number of amides is 1. The number of imidazole rings is 1. The van der Waals surface area contributed by atoms with Gasteiger partial charge >= 0.3 is 0 Å². The minimum absolute atomic E-state index is 0.0752. The number of hydrogen-bond acceptors (Lipinski definition) is 7. The molecule has 0 radical (unpaired) electrons. The lowest BCUT2D eigenvalue weighted by atomic mass is 9.95. The Morgan fingerprint density at radius 1 is 0.941 bits per heavy atom. The van der Waals surface area contributed by atoms with E-state index >= 15 is 0 Å². The highest BCUT2D eigenvalue weighted by molar-refractivity contribution is 5.79. The van der Waals surface area contributed by atoms with Gasteiger partial charge in [-0.3, -0.25) is 9.36 Å². The molecule has 2 fully saturated rings. The zero-order valence-electron chi connectivity index (χ0n) is 19.8. The minimum Gasteiger partial charge on any atom is -0.495 e. The number of piperidine rings is 1. The molecular formula is C25H31N7O2. The molecule has 0 atom stereocenters. The maximum Gasteiger partial charge on any atom is 0.225 e. The number of aromatic nitrogens is 4. The van der Waals surface area contributed by atoms with Crippen molar-refractivity contribution in [3.05, 3.63) is 54.9 Å². The molecule has 2 aromatic heterocycles. The van der Waals surface area contributed by atoms with Gasteiger partial charge in [0.15, 0.2) is 0 Å². The molecule has 9 heteroatoms. The van der Waals surface area contributed by atoms with E-state index < -0.39 is 0 Å². The second kappa shape index (κ2) is 9.70. The Hall–Kier alpha value is -3.62. The summed E-state index contributed by atoms with van der Waals surface area (Å²) >= 11 is 0. The quantitative estimate of drug-likeness (QED) is 0.578. The van der Waals surface area contributed by atoms with Gasteiger partial charge in [-0.25, -0.2) is 15.0 Å². The summed E-state index contributed by atoms with van der Waals surface area (Å²) in [5, 5.41) is 0. The number of benzene rings is 1. The number of methoxy groups -OCH3 is 1. The van der Waals surface area contributed by atoms with Gasteiger partial charge in [0.1, 0.15) is 29.5 Å². The Labute approximate surface area is 200 Å². The van der Waals surface area contributed by atoms with Crippen LogP contribution in [0.4, 0.5) is 11.5 Å². The van der Waals surface area contributed by atoms with Crippen LogP contribution in [0.2, 0.25) is 0 Å². The number of carbonyl (C=O) groups is 1. The highest BCUT2D eigenvalue weighted by atomic mass is 16.5.